The number of aliphatic carboxylic acids is 1. The maximum Gasteiger partial charge on any atom is 0.315 e. The number of nitrogens with one attached hydrogen (secondary N) is 2. The van der Waals surface area contributed by atoms with Crippen LogP contribution in [0.1, 0.15) is 40.5 Å². The van der Waals surface area contributed by atoms with Crippen LogP contribution in [-0.4, -0.2) is 29.7 Å². The number of rotatable bonds is 7. The maximum absolute atomic E-state index is 11.5. The van der Waals surface area contributed by atoms with Gasteiger partial charge in [-0.1, -0.05) is 27.2 Å². The molecule has 17 heavy (non-hydrogen) atoms. The third kappa shape index (κ3) is 6.81. The zero-order chi connectivity index (χ0) is 13.4. The van der Waals surface area contributed by atoms with Gasteiger partial charge in [-0.25, -0.2) is 4.79 Å². The van der Waals surface area contributed by atoms with E-state index in [2.05, 4.69) is 24.5 Å². The van der Waals surface area contributed by atoms with E-state index in [1.165, 1.54) is 0 Å². The first-order valence-corrected chi connectivity index (χ1v) is 6.15. The molecule has 3 N–H and O–H groups in total. The molecule has 0 saturated heterocycles. The number of hydrogen-bond acceptors (Lipinski definition) is 2. The van der Waals surface area contributed by atoms with Gasteiger partial charge >= 0.3 is 12.0 Å². The highest BCUT2D eigenvalue weighted by molar-refractivity contribution is 5.74. The lowest BCUT2D eigenvalue weighted by molar-refractivity contribution is -0.141. The zero-order valence-electron chi connectivity index (χ0n) is 11.1. The van der Waals surface area contributed by atoms with Crippen molar-refractivity contribution in [1.82, 2.24) is 10.6 Å². The minimum Gasteiger partial charge on any atom is -0.481 e. The van der Waals surface area contributed by atoms with Gasteiger partial charge in [0.15, 0.2) is 0 Å². The monoisotopic (exact) mass is 244 g/mol. The first-order valence-electron chi connectivity index (χ1n) is 6.15. The number of carboxylic acid groups (broad SMARTS) is 1. The molecule has 0 rings (SSSR count). The molecule has 3 unspecified atom stereocenters. The topological polar surface area (TPSA) is 78.4 Å². The Morgan fingerprint density at radius 1 is 1.24 bits per heavy atom. The van der Waals surface area contributed by atoms with E-state index in [-0.39, 0.29) is 12.1 Å². The van der Waals surface area contributed by atoms with Gasteiger partial charge in [-0.05, 0) is 19.3 Å². The fourth-order valence-corrected chi connectivity index (χ4v) is 1.28. The predicted octanol–water partition coefficient (Wildman–Crippen LogP) is 1.83. The number of amides is 2. The number of hydrogen-bond donors (Lipinski definition) is 3. The van der Waals surface area contributed by atoms with E-state index in [1.54, 1.807) is 6.92 Å². The SMILES string of the molecule is CCC(C)C(C)NC(=O)NCCC(C)C(=O)O. The molecule has 2 amide bonds. The quantitative estimate of drug-likeness (QED) is 0.639. The molecule has 0 saturated carbocycles. The molecule has 0 heterocycles. The highest BCUT2D eigenvalue weighted by atomic mass is 16.4. The molecule has 0 aliphatic heterocycles. The number of carbonyl (C=O) groups excluding carboxylic acids is 1. The molecule has 0 spiro atoms. The summed E-state index contributed by atoms with van der Waals surface area (Å²) >= 11 is 0. The van der Waals surface area contributed by atoms with E-state index in [0.29, 0.717) is 18.9 Å². The number of carboxylic acids is 1. The largest absolute Gasteiger partial charge is 0.481 e. The van der Waals surface area contributed by atoms with Gasteiger partial charge in [0.2, 0.25) is 0 Å². The third-order valence-corrected chi connectivity index (χ3v) is 3.14. The Morgan fingerprint density at radius 3 is 2.29 bits per heavy atom. The molecule has 0 aromatic carbocycles. The van der Waals surface area contributed by atoms with Crippen LogP contribution in [0, 0.1) is 11.8 Å². The fraction of sp³-hybridized carbons (Fsp3) is 0.833. The van der Waals surface area contributed by atoms with Crippen LogP contribution in [-0.2, 0) is 4.79 Å². The molecule has 0 fully saturated rings. The van der Waals surface area contributed by atoms with E-state index in [4.69, 9.17) is 5.11 Å². The molecule has 5 nitrogen and oxygen atoms in total. The first kappa shape index (κ1) is 15.7. The van der Waals surface area contributed by atoms with E-state index < -0.39 is 11.9 Å². The van der Waals surface area contributed by atoms with Crippen molar-refractivity contribution in [2.24, 2.45) is 11.8 Å². The molecule has 0 aromatic heterocycles. The zero-order valence-corrected chi connectivity index (χ0v) is 11.1. The van der Waals surface area contributed by atoms with Crippen LogP contribution in [0.5, 0.6) is 0 Å². The van der Waals surface area contributed by atoms with Gasteiger partial charge in [0, 0.05) is 12.6 Å². The van der Waals surface area contributed by atoms with Crippen LogP contribution >= 0.6 is 0 Å². The summed E-state index contributed by atoms with van der Waals surface area (Å²) in [6.07, 6.45) is 1.46. The van der Waals surface area contributed by atoms with Crippen molar-refractivity contribution in [2.75, 3.05) is 6.54 Å². The Bertz CT molecular complexity index is 256. The second kappa shape index (κ2) is 7.92. The normalized spacial score (nSPS) is 15.8. The van der Waals surface area contributed by atoms with Gasteiger partial charge in [0.25, 0.3) is 0 Å². The Morgan fingerprint density at radius 2 is 1.82 bits per heavy atom. The van der Waals surface area contributed by atoms with Crippen LogP contribution < -0.4 is 10.6 Å². The van der Waals surface area contributed by atoms with Gasteiger partial charge in [0.1, 0.15) is 0 Å². The number of carbonyl (C=O) groups is 2. The van der Waals surface area contributed by atoms with E-state index in [9.17, 15) is 9.59 Å². The van der Waals surface area contributed by atoms with Crippen molar-refractivity contribution in [3.8, 4) is 0 Å². The molecule has 5 heteroatoms. The van der Waals surface area contributed by atoms with Gasteiger partial charge in [0.05, 0.1) is 5.92 Å². The van der Waals surface area contributed by atoms with Crippen molar-refractivity contribution in [1.29, 1.82) is 0 Å². The smallest absolute Gasteiger partial charge is 0.315 e. The van der Waals surface area contributed by atoms with Gasteiger partial charge in [-0.3, -0.25) is 4.79 Å². The molecular formula is C12H24N2O3. The average molecular weight is 244 g/mol. The maximum atomic E-state index is 11.5. The highest BCUT2D eigenvalue weighted by Crippen LogP contribution is 2.06. The van der Waals surface area contributed by atoms with E-state index in [0.717, 1.165) is 6.42 Å². The summed E-state index contributed by atoms with van der Waals surface area (Å²) in [4.78, 5) is 22.0. The molecule has 0 aliphatic rings. The van der Waals surface area contributed by atoms with E-state index in [1.807, 2.05) is 6.92 Å². The van der Waals surface area contributed by atoms with Crippen LogP contribution in [0.3, 0.4) is 0 Å². The molecule has 0 radical (unpaired) electrons. The minimum absolute atomic E-state index is 0.122. The average Bonchev–Trinajstić information content (AvgIpc) is 2.27. The predicted molar refractivity (Wildman–Crippen MR) is 66.9 cm³/mol. The summed E-state index contributed by atoms with van der Waals surface area (Å²) in [5.74, 6) is -0.832. The van der Waals surface area contributed by atoms with Crippen molar-refractivity contribution >= 4 is 12.0 Å². The lowest BCUT2D eigenvalue weighted by atomic mass is 10.0. The summed E-state index contributed by atoms with van der Waals surface area (Å²) in [6, 6.07) is -0.104. The lowest BCUT2D eigenvalue weighted by Crippen LogP contribution is -2.44. The van der Waals surface area contributed by atoms with Crippen LogP contribution in [0.15, 0.2) is 0 Å². The van der Waals surface area contributed by atoms with Crippen LogP contribution in [0.2, 0.25) is 0 Å². The molecule has 0 aliphatic carbocycles. The summed E-state index contributed by atoms with van der Waals surface area (Å²) in [5, 5.41) is 14.2. The summed E-state index contributed by atoms with van der Waals surface area (Å²) < 4.78 is 0. The Labute approximate surface area is 103 Å². The van der Waals surface area contributed by atoms with E-state index >= 15 is 0 Å². The van der Waals surface area contributed by atoms with Crippen LogP contribution in [0.4, 0.5) is 4.79 Å². The second-order valence-electron chi connectivity index (χ2n) is 4.60. The Kier molecular flexibility index (Phi) is 7.34. The molecular weight excluding hydrogens is 220 g/mol. The number of urea groups is 1. The Hall–Kier alpha value is -1.26. The van der Waals surface area contributed by atoms with Crippen molar-refractivity contribution in [3.63, 3.8) is 0 Å². The molecule has 3 atom stereocenters. The second-order valence-corrected chi connectivity index (χ2v) is 4.60. The molecule has 100 valence electrons. The van der Waals surface area contributed by atoms with Gasteiger partial charge < -0.3 is 15.7 Å². The fourth-order valence-electron chi connectivity index (χ4n) is 1.28. The lowest BCUT2D eigenvalue weighted by Gasteiger charge is -2.20. The van der Waals surface area contributed by atoms with Crippen molar-refractivity contribution in [2.45, 2.75) is 46.6 Å². The van der Waals surface area contributed by atoms with Crippen LogP contribution in [0.25, 0.3) is 0 Å². The summed E-state index contributed by atoms with van der Waals surface area (Å²) in [5.41, 5.74) is 0. The molecule has 0 aromatic rings. The van der Waals surface area contributed by atoms with Crippen molar-refractivity contribution in [3.05, 3.63) is 0 Å². The highest BCUT2D eigenvalue weighted by Gasteiger charge is 2.14. The van der Waals surface area contributed by atoms with Gasteiger partial charge in [-0.2, -0.15) is 0 Å². The molecule has 0 bridgehead atoms. The van der Waals surface area contributed by atoms with Gasteiger partial charge in [-0.15, -0.1) is 0 Å². The minimum atomic E-state index is -0.833. The van der Waals surface area contributed by atoms with Crippen molar-refractivity contribution < 1.29 is 14.7 Å². The first-order chi connectivity index (χ1) is 7.88. The third-order valence-electron chi connectivity index (χ3n) is 3.14. The summed E-state index contributed by atoms with van der Waals surface area (Å²) in [6.45, 7) is 8.14. The Balaban J connectivity index is 3.77. The standard InChI is InChI=1S/C12H24N2O3/c1-5-8(2)10(4)14-12(17)13-7-6-9(3)11(15)16/h8-10H,5-7H2,1-4H3,(H,15,16)(H2,13,14,17). The summed E-state index contributed by atoms with van der Waals surface area (Å²) in [7, 11) is 0.